The standard InChI is InChI=1S/C14H25N5/c1-9(2)14-17-12(15)7-13(18-14)16-11-5-6-19(4)8-10(11)3/h7,9-11H,5-6,8H2,1-4H3,(H3,15,16,17,18). The molecule has 0 bridgehead atoms. The van der Waals surface area contributed by atoms with Gasteiger partial charge in [-0.15, -0.1) is 0 Å². The summed E-state index contributed by atoms with van der Waals surface area (Å²) < 4.78 is 0. The van der Waals surface area contributed by atoms with Crippen LogP contribution in [0.5, 0.6) is 0 Å². The quantitative estimate of drug-likeness (QED) is 0.872. The minimum Gasteiger partial charge on any atom is -0.384 e. The van der Waals surface area contributed by atoms with Gasteiger partial charge in [0.05, 0.1) is 0 Å². The van der Waals surface area contributed by atoms with E-state index in [1.807, 2.05) is 6.07 Å². The molecule has 1 fully saturated rings. The maximum absolute atomic E-state index is 5.86. The van der Waals surface area contributed by atoms with Gasteiger partial charge in [-0.05, 0) is 25.9 Å². The van der Waals surface area contributed by atoms with Crippen molar-refractivity contribution < 1.29 is 0 Å². The SMILES string of the molecule is CC(C)c1nc(N)cc(NC2CCN(C)CC2C)n1. The molecule has 2 heterocycles. The van der Waals surface area contributed by atoms with Crippen LogP contribution < -0.4 is 11.1 Å². The Morgan fingerprint density at radius 2 is 2.16 bits per heavy atom. The zero-order chi connectivity index (χ0) is 14.0. The van der Waals surface area contributed by atoms with Crippen molar-refractivity contribution >= 4 is 11.6 Å². The van der Waals surface area contributed by atoms with Crippen LogP contribution in [0.15, 0.2) is 6.07 Å². The van der Waals surface area contributed by atoms with Crippen molar-refractivity contribution in [3.05, 3.63) is 11.9 Å². The molecule has 0 amide bonds. The lowest BCUT2D eigenvalue weighted by molar-refractivity contribution is 0.206. The number of rotatable bonds is 3. The Bertz CT molecular complexity index is 432. The second-order valence-electron chi connectivity index (χ2n) is 5.97. The average molecular weight is 263 g/mol. The molecular formula is C14H25N5. The molecule has 0 spiro atoms. The summed E-state index contributed by atoms with van der Waals surface area (Å²) in [4.78, 5) is 11.2. The Kier molecular flexibility index (Phi) is 4.24. The summed E-state index contributed by atoms with van der Waals surface area (Å²) in [5, 5.41) is 3.53. The van der Waals surface area contributed by atoms with Crippen molar-refractivity contribution in [2.75, 3.05) is 31.2 Å². The van der Waals surface area contributed by atoms with Crippen molar-refractivity contribution in [3.8, 4) is 0 Å². The molecule has 0 saturated carbocycles. The third-order valence-electron chi connectivity index (χ3n) is 3.72. The molecule has 2 rings (SSSR count). The van der Waals surface area contributed by atoms with Gasteiger partial charge in [-0.25, -0.2) is 9.97 Å². The number of nitrogens with two attached hydrogens (primary N) is 1. The number of likely N-dealkylation sites (tertiary alicyclic amines) is 1. The molecule has 3 N–H and O–H groups in total. The van der Waals surface area contributed by atoms with E-state index in [1.54, 1.807) is 0 Å². The van der Waals surface area contributed by atoms with Crippen molar-refractivity contribution in [2.24, 2.45) is 5.92 Å². The fourth-order valence-corrected chi connectivity index (χ4v) is 2.58. The van der Waals surface area contributed by atoms with E-state index in [9.17, 15) is 0 Å². The lowest BCUT2D eigenvalue weighted by atomic mass is 9.94. The first-order valence-electron chi connectivity index (χ1n) is 7.05. The molecule has 1 saturated heterocycles. The van der Waals surface area contributed by atoms with Gasteiger partial charge in [0.25, 0.3) is 0 Å². The van der Waals surface area contributed by atoms with Gasteiger partial charge in [-0.2, -0.15) is 0 Å². The lowest BCUT2D eigenvalue weighted by Gasteiger charge is -2.35. The van der Waals surface area contributed by atoms with Crippen molar-refractivity contribution in [1.29, 1.82) is 0 Å². The molecule has 0 aromatic carbocycles. The van der Waals surface area contributed by atoms with Gasteiger partial charge in [0.2, 0.25) is 0 Å². The number of hydrogen-bond acceptors (Lipinski definition) is 5. The first kappa shape index (κ1) is 14.1. The van der Waals surface area contributed by atoms with Crippen LogP contribution >= 0.6 is 0 Å². The summed E-state index contributed by atoms with van der Waals surface area (Å²) in [6, 6.07) is 2.29. The third kappa shape index (κ3) is 3.56. The molecule has 1 aromatic rings. The van der Waals surface area contributed by atoms with Gasteiger partial charge in [0, 0.05) is 24.6 Å². The number of nitrogens with zero attached hydrogens (tertiary/aromatic N) is 3. The van der Waals surface area contributed by atoms with Crippen LogP contribution in [0.25, 0.3) is 0 Å². The van der Waals surface area contributed by atoms with Crippen molar-refractivity contribution in [1.82, 2.24) is 14.9 Å². The van der Waals surface area contributed by atoms with Gasteiger partial charge in [0.1, 0.15) is 17.5 Å². The smallest absolute Gasteiger partial charge is 0.135 e. The number of nitrogen functional groups attached to an aromatic ring is 1. The fraction of sp³-hybridized carbons (Fsp3) is 0.714. The normalized spacial score (nSPS) is 24.7. The van der Waals surface area contributed by atoms with Crippen LogP contribution in [0.3, 0.4) is 0 Å². The van der Waals surface area contributed by atoms with Gasteiger partial charge < -0.3 is 16.0 Å². The molecule has 106 valence electrons. The first-order chi connectivity index (χ1) is 8.95. The Balaban J connectivity index is 2.10. The zero-order valence-electron chi connectivity index (χ0n) is 12.3. The Hall–Kier alpha value is -1.36. The average Bonchev–Trinajstić information content (AvgIpc) is 2.32. The number of aromatic nitrogens is 2. The summed E-state index contributed by atoms with van der Waals surface area (Å²) in [6.07, 6.45) is 1.14. The van der Waals surface area contributed by atoms with Crippen molar-refractivity contribution in [3.63, 3.8) is 0 Å². The van der Waals surface area contributed by atoms with Gasteiger partial charge in [-0.3, -0.25) is 0 Å². The highest BCUT2D eigenvalue weighted by molar-refractivity contribution is 5.45. The van der Waals surface area contributed by atoms with Gasteiger partial charge >= 0.3 is 0 Å². The highest BCUT2D eigenvalue weighted by atomic mass is 15.1. The molecule has 2 unspecified atom stereocenters. The van der Waals surface area contributed by atoms with Crippen LogP contribution in [-0.4, -0.2) is 41.0 Å². The monoisotopic (exact) mass is 263 g/mol. The number of anilines is 2. The predicted molar refractivity (Wildman–Crippen MR) is 79.2 cm³/mol. The first-order valence-corrected chi connectivity index (χ1v) is 7.05. The highest BCUT2D eigenvalue weighted by Gasteiger charge is 2.24. The molecule has 19 heavy (non-hydrogen) atoms. The van der Waals surface area contributed by atoms with E-state index in [0.29, 0.717) is 23.7 Å². The van der Waals surface area contributed by atoms with E-state index in [0.717, 1.165) is 31.2 Å². The summed E-state index contributed by atoms with van der Waals surface area (Å²) in [7, 11) is 2.17. The molecule has 1 aliphatic heterocycles. The second kappa shape index (κ2) is 5.74. The van der Waals surface area contributed by atoms with Gasteiger partial charge in [0.15, 0.2) is 0 Å². The van der Waals surface area contributed by atoms with E-state index >= 15 is 0 Å². The molecule has 0 aliphatic carbocycles. The highest BCUT2D eigenvalue weighted by Crippen LogP contribution is 2.21. The Labute approximate surface area is 115 Å². The Morgan fingerprint density at radius 3 is 2.79 bits per heavy atom. The van der Waals surface area contributed by atoms with E-state index in [4.69, 9.17) is 5.73 Å². The predicted octanol–water partition coefficient (Wildman–Crippen LogP) is 1.93. The largest absolute Gasteiger partial charge is 0.384 e. The minimum atomic E-state index is 0.291. The molecule has 5 heteroatoms. The summed E-state index contributed by atoms with van der Waals surface area (Å²) in [6.45, 7) is 8.68. The number of piperidine rings is 1. The zero-order valence-corrected chi connectivity index (χ0v) is 12.3. The number of hydrogen-bond donors (Lipinski definition) is 2. The summed E-state index contributed by atoms with van der Waals surface area (Å²) in [5.74, 6) is 3.11. The van der Waals surface area contributed by atoms with E-state index in [2.05, 4.69) is 48.0 Å². The molecule has 2 atom stereocenters. The Morgan fingerprint density at radius 1 is 1.42 bits per heavy atom. The van der Waals surface area contributed by atoms with Crippen LogP contribution in [0.2, 0.25) is 0 Å². The van der Waals surface area contributed by atoms with E-state index in [1.165, 1.54) is 0 Å². The molecular weight excluding hydrogens is 238 g/mol. The van der Waals surface area contributed by atoms with Crippen LogP contribution in [0.1, 0.15) is 38.9 Å². The van der Waals surface area contributed by atoms with Crippen LogP contribution in [0.4, 0.5) is 11.6 Å². The lowest BCUT2D eigenvalue weighted by Crippen LogP contribution is -2.43. The molecule has 1 aliphatic rings. The minimum absolute atomic E-state index is 0.291. The van der Waals surface area contributed by atoms with Crippen molar-refractivity contribution in [2.45, 2.75) is 39.2 Å². The molecule has 5 nitrogen and oxygen atoms in total. The number of nitrogens with one attached hydrogen (secondary N) is 1. The molecule has 0 radical (unpaired) electrons. The van der Waals surface area contributed by atoms with Crippen LogP contribution in [-0.2, 0) is 0 Å². The van der Waals surface area contributed by atoms with Gasteiger partial charge in [-0.1, -0.05) is 20.8 Å². The fourth-order valence-electron chi connectivity index (χ4n) is 2.58. The second-order valence-corrected chi connectivity index (χ2v) is 5.97. The summed E-state index contributed by atoms with van der Waals surface area (Å²) >= 11 is 0. The third-order valence-corrected chi connectivity index (χ3v) is 3.72. The summed E-state index contributed by atoms with van der Waals surface area (Å²) in [5.41, 5.74) is 5.86. The topological polar surface area (TPSA) is 67.1 Å². The van der Waals surface area contributed by atoms with E-state index in [-0.39, 0.29) is 0 Å². The molecule has 1 aromatic heterocycles. The van der Waals surface area contributed by atoms with E-state index < -0.39 is 0 Å². The van der Waals surface area contributed by atoms with Crippen LogP contribution in [0, 0.1) is 5.92 Å². The maximum atomic E-state index is 5.86. The maximum Gasteiger partial charge on any atom is 0.135 e.